The molecule has 20 heavy (non-hydrogen) atoms. The van der Waals surface area contributed by atoms with Crippen molar-refractivity contribution in [2.24, 2.45) is 5.10 Å². The molecular formula is C13H10N6S. The molecule has 0 aliphatic heterocycles. The van der Waals surface area contributed by atoms with E-state index >= 15 is 0 Å². The van der Waals surface area contributed by atoms with E-state index in [2.05, 4.69) is 25.3 Å². The molecule has 0 saturated heterocycles. The van der Waals surface area contributed by atoms with Gasteiger partial charge in [-0.2, -0.15) is 14.9 Å². The summed E-state index contributed by atoms with van der Waals surface area (Å²) in [5.74, 6) is 0.614. The Morgan fingerprint density at radius 1 is 1.15 bits per heavy atom. The Hall–Kier alpha value is -2.67. The fourth-order valence-electron chi connectivity index (χ4n) is 1.66. The molecule has 0 spiro atoms. The Bertz CT molecular complexity index is 775. The standard InChI is InChI=1S/C13H10N6S/c20-13-18-17-12(11-4-2-6-15-9-11)19(13)16-8-10-3-1-5-14-7-10/h1-9H,(H,18,20)/b16-8-. The number of aromatic amines is 1. The monoisotopic (exact) mass is 282 g/mol. The second-order valence-electron chi connectivity index (χ2n) is 3.94. The third-order valence-electron chi connectivity index (χ3n) is 2.58. The van der Waals surface area contributed by atoms with Crippen LogP contribution in [0.2, 0.25) is 0 Å². The van der Waals surface area contributed by atoms with Crippen molar-refractivity contribution in [1.29, 1.82) is 0 Å². The lowest BCUT2D eigenvalue weighted by atomic mass is 10.3. The fourth-order valence-corrected chi connectivity index (χ4v) is 1.84. The molecule has 0 unspecified atom stereocenters. The minimum Gasteiger partial charge on any atom is -0.264 e. The number of nitrogens with zero attached hydrogens (tertiary/aromatic N) is 5. The SMILES string of the molecule is S=c1[nH]nc(-c2cccnc2)n1/N=C\c1cccnc1. The predicted octanol–water partition coefficient (Wildman–Crippen LogP) is 2.28. The lowest BCUT2D eigenvalue weighted by Crippen LogP contribution is -1.95. The topological polar surface area (TPSA) is 71.8 Å². The first kappa shape index (κ1) is 12.4. The van der Waals surface area contributed by atoms with Gasteiger partial charge in [-0.3, -0.25) is 9.97 Å². The molecule has 0 amide bonds. The molecule has 3 rings (SSSR count). The number of hydrogen-bond donors (Lipinski definition) is 1. The second-order valence-corrected chi connectivity index (χ2v) is 4.32. The summed E-state index contributed by atoms with van der Waals surface area (Å²) in [4.78, 5) is 8.09. The van der Waals surface area contributed by atoms with Gasteiger partial charge in [-0.1, -0.05) is 6.07 Å². The van der Waals surface area contributed by atoms with Gasteiger partial charge in [0.1, 0.15) is 0 Å². The quantitative estimate of drug-likeness (QED) is 0.591. The third-order valence-corrected chi connectivity index (χ3v) is 2.84. The van der Waals surface area contributed by atoms with Crippen LogP contribution in [0.4, 0.5) is 0 Å². The number of rotatable bonds is 3. The minimum atomic E-state index is 0.420. The van der Waals surface area contributed by atoms with Crippen molar-refractivity contribution in [2.45, 2.75) is 0 Å². The molecule has 1 N–H and O–H groups in total. The Kier molecular flexibility index (Phi) is 3.42. The van der Waals surface area contributed by atoms with Crippen molar-refractivity contribution in [1.82, 2.24) is 24.8 Å². The van der Waals surface area contributed by atoms with Gasteiger partial charge in [0.15, 0.2) is 5.82 Å². The lowest BCUT2D eigenvalue weighted by Gasteiger charge is -1.99. The molecule has 3 aromatic rings. The highest BCUT2D eigenvalue weighted by molar-refractivity contribution is 7.71. The largest absolute Gasteiger partial charge is 0.264 e. The highest BCUT2D eigenvalue weighted by atomic mass is 32.1. The van der Waals surface area contributed by atoms with Gasteiger partial charge in [0.05, 0.1) is 6.21 Å². The van der Waals surface area contributed by atoms with E-state index in [0.29, 0.717) is 10.6 Å². The van der Waals surface area contributed by atoms with E-state index in [-0.39, 0.29) is 0 Å². The molecule has 0 aliphatic carbocycles. The molecule has 0 aromatic carbocycles. The Labute approximate surface area is 119 Å². The van der Waals surface area contributed by atoms with Crippen molar-refractivity contribution >= 4 is 18.4 Å². The van der Waals surface area contributed by atoms with Crippen molar-refractivity contribution in [3.05, 3.63) is 59.4 Å². The maximum atomic E-state index is 5.18. The van der Waals surface area contributed by atoms with Gasteiger partial charge in [0.2, 0.25) is 4.77 Å². The Morgan fingerprint density at radius 3 is 2.65 bits per heavy atom. The molecule has 0 atom stereocenters. The molecule has 3 heterocycles. The number of aromatic nitrogens is 5. The Balaban J connectivity index is 2.01. The van der Waals surface area contributed by atoms with Gasteiger partial charge < -0.3 is 0 Å². The van der Waals surface area contributed by atoms with Crippen LogP contribution in [-0.2, 0) is 0 Å². The van der Waals surface area contributed by atoms with Crippen LogP contribution in [0.15, 0.2) is 54.2 Å². The van der Waals surface area contributed by atoms with E-state index < -0.39 is 0 Å². The van der Waals surface area contributed by atoms with E-state index in [1.165, 1.54) is 0 Å². The van der Waals surface area contributed by atoms with Crippen LogP contribution in [-0.4, -0.2) is 31.1 Å². The first-order valence-corrected chi connectivity index (χ1v) is 6.27. The summed E-state index contributed by atoms with van der Waals surface area (Å²) in [5, 5.41) is 11.2. The summed E-state index contributed by atoms with van der Waals surface area (Å²) in [7, 11) is 0. The summed E-state index contributed by atoms with van der Waals surface area (Å²) in [6, 6.07) is 7.48. The molecule has 0 bridgehead atoms. The van der Waals surface area contributed by atoms with Gasteiger partial charge in [0.25, 0.3) is 0 Å². The average molecular weight is 282 g/mol. The van der Waals surface area contributed by atoms with Crippen molar-refractivity contribution in [3.63, 3.8) is 0 Å². The van der Waals surface area contributed by atoms with Gasteiger partial charge in [-0.15, -0.1) is 0 Å². The Morgan fingerprint density at radius 2 is 1.95 bits per heavy atom. The second kappa shape index (κ2) is 5.54. The number of pyridine rings is 2. The predicted molar refractivity (Wildman–Crippen MR) is 77.9 cm³/mol. The molecule has 0 radical (unpaired) electrons. The first-order chi connectivity index (χ1) is 9.84. The van der Waals surface area contributed by atoms with Gasteiger partial charge in [0, 0.05) is 35.9 Å². The molecule has 0 aliphatic rings. The fraction of sp³-hybridized carbons (Fsp3) is 0. The summed E-state index contributed by atoms with van der Waals surface area (Å²) in [6.45, 7) is 0. The molecule has 6 nitrogen and oxygen atoms in total. The zero-order valence-corrected chi connectivity index (χ0v) is 11.2. The maximum Gasteiger partial charge on any atom is 0.216 e. The number of H-pyrrole nitrogens is 1. The first-order valence-electron chi connectivity index (χ1n) is 5.87. The van der Waals surface area contributed by atoms with Crippen LogP contribution >= 0.6 is 12.2 Å². The number of nitrogens with one attached hydrogen (secondary N) is 1. The van der Waals surface area contributed by atoms with Crippen LogP contribution in [0.5, 0.6) is 0 Å². The maximum absolute atomic E-state index is 5.18. The van der Waals surface area contributed by atoms with Gasteiger partial charge >= 0.3 is 0 Å². The number of hydrogen-bond acceptors (Lipinski definition) is 5. The average Bonchev–Trinajstić information content (AvgIpc) is 2.88. The zero-order valence-electron chi connectivity index (χ0n) is 10.3. The van der Waals surface area contributed by atoms with Crippen LogP contribution in [0.3, 0.4) is 0 Å². The van der Waals surface area contributed by atoms with Crippen LogP contribution in [0.25, 0.3) is 11.4 Å². The van der Waals surface area contributed by atoms with Crippen molar-refractivity contribution < 1.29 is 0 Å². The highest BCUT2D eigenvalue weighted by Crippen LogP contribution is 2.15. The van der Waals surface area contributed by atoms with Crippen molar-refractivity contribution in [2.75, 3.05) is 0 Å². The molecule has 0 fully saturated rings. The smallest absolute Gasteiger partial charge is 0.216 e. The highest BCUT2D eigenvalue weighted by Gasteiger charge is 2.07. The van der Waals surface area contributed by atoms with E-state index in [9.17, 15) is 0 Å². The summed E-state index contributed by atoms with van der Waals surface area (Å²) < 4.78 is 1.98. The van der Waals surface area contributed by atoms with Gasteiger partial charge in [-0.05, 0) is 30.4 Å². The molecule has 3 aromatic heterocycles. The molecular weight excluding hydrogens is 272 g/mol. The van der Waals surface area contributed by atoms with E-state index in [4.69, 9.17) is 12.2 Å². The summed E-state index contributed by atoms with van der Waals surface area (Å²) in [6.07, 6.45) is 8.52. The summed E-state index contributed by atoms with van der Waals surface area (Å²) in [5.41, 5.74) is 1.72. The van der Waals surface area contributed by atoms with E-state index in [1.54, 1.807) is 35.7 Å². The van der Waals surface area contributed by atoms with E-state index in [1.807, 2.05) is 24.3 Å². The normalized spacial score (nSPS) is 11.0. The van der Waals surface area contributed by atoms with Crippen molar-refractivity contribution in [3.8, 4) is 11.4 Å². The third kappa shape index (κ3) is 2.52. The van der Waals surface area contributed by atoms with Crippen LogP contribution < -0.4 is 0 Å². The molecule has 0 saturated carbocycles. The van der Waals surface area contributed by atoms with E-state index in [0.717, 1.165) is 11.1 Å². The van der Waals surface area contributed by atoms with Crippen LogP contribution in [0.1, 0.15) is 5.56 Å². The lowest BCUT2D eigenvalue weighted by molar-refractivity contribution is 0.870. The minimum absolute atomic E-state index is 0.420. The zero-order chi connectivity index (χ0) is 13.8. The summed E-state index contributed by atoms with van der Waals surface area (Å²) >= 11 is 5.18. The molecule has 98 valence electrons. The van der Waals surface area contributed by atoms with Crippen LogP contribution in [0, 0.1) is 4.77 Å². The van der Waals surface area contributed by atoms with Gasteiger partial charge in [-0.25, -0.2) is 5.10 Å². The molecule has 7 heteroatoms.